The predicted molar refractivity (Wildman–Crippen MR) is 60.5 cm³/mol. The van der Waals surface area contributed by atoms with Gasteiger partial charge >= 0.3 is 0 Å². The van der Waals surface area contributed by atoms with Crippen LogP contribution in [0.3, 0.4) is 0 Å². The highest BCUT2D eigenvalue weighted by atomic mass is 31.1. The molecule has 1 atom stereocenters. The van der Waals surface area contributed by atoms with Crippen molar-refractivity contribution in [2.45, 2.75) is 32.6 Å². The zero-order chi connectivity index (χ0) is 10.4. The fraction of sp³-hybridized carbons (Fsp3) is 0.455. The Labute approximate surface area is 85.8 Å². The largest absolute Gasteiger partial charge is 0.343 e. The summed E-state index contributed by atoms with van der Waals surface area (Å²) in [4.78, 5) is 9.11. The third kappa shape index (κ3) is 3.28. The molecular weight excluding hydrogens is 195 g/mol. The molecule has 0 amide bonds. The van der Waals surface area contributed by atoms with Gasteiger partial charge in [0.1, 0.15) is 0 Å². The zero-order valence-electron chi connectivity index (χ0n) is 8.49. The Balaban J connectivity index is 2.69. The molecule has 0 aliphatic heterocycles. The van der Waals surface area contributed by atoms with Gasteiger partial charge in [0.15, 0.2) is 0 Å². The van der Waals surface area contributed by atoms with Gasteiger partial charge in [0.05, 0.1) is 0 Å². The Morgan fingerprint density at radius 2 is 2.00 bits per heavy atom. The van der Waals surface area contributed by atoms with Crippen LogP contribution in [0.15, 0.2) is 24.3 Å². The summed E-state index contributed by atoms with van der Waals surface area (Å²) in [7, 11) is -2.53. The summed E-state index contributed by atoms with van der Waals surface area (Å²) in [5.74, 6) is 0. The fourth-order valence-corrected chi connectivity index (χ4v) is 2.23. The van der Waals surface area contributed by atoms with Crippen molar-refractivity contribution in [3.63, 3.8) is 0 Å². The maximum absolute atomic E-state index is 11.0. The topological polar surface area (TPSA) is 37.3 Å². The lowest BCUT2D eigenvalue weighted by Crippen LogP contribution is -2.04. The number of hydrogen-bond acceptors (Lipinski definition) is 1. The minimum absolute atomic E-state index is 0.633. The smallest absolute Gasteiger partial charge is 0.218 e. The highest BCUT2D eigenvalue weighted by Gasteiger charge is 2.05. The van der Waals surface area contributed by atoms with Gasteiger partial charge in [-0.05, 0) is 24.5 Å². The summed E-state index contributed by atoms with van der Waals surface area (Å²) in [6.45, 7) is 2.15. The van der Waals surface area contributed by atoms with E-state index >= 15 is 0 Å². The first-order valence-corrected chi connectivity index (χ1v) is 6.42. The molecule has 2 nitrogen and oxygen atoms in total. The van der Waals surface area contributed by atoms with Crippen LogP contribution in [0.25, 0.3) is 0 Å². The van der Waals surface area contributed by atoms with E-state index in [0.29, 0.717) is 5.30 Å². The van der Waals surface area contributed by atoms with E-state index in [2.05, 4.69) is 6.92 Å². The maximum Gasteiger partial charge on any atom is 0.218 e. The molecule has 0 aliphatic rings. The summed E-state index contributed by atoms with van der Waals surface area (Å²) >= 11 is 0. The molecule has 1 unspecified atom stereocenters. The van der Waals surface area contributed by atoms with E-state index in [1.165, 1.54) is 12.8 Å². The van der Waals surface area contributed by atoms with Crippen LogP contribution in [0.5, 0.6) is 0 Å². The van der Waals surface area contributed by atoms with E-state index < -0.39 is 8.03 Å². The molecule has 0 radical (unpaired) electrons. The first-order chi connectivity index (χ1) is 6.75. The van der Waals surface area contributed by atoms with Crippen molar-refractivity contribution in [1.82, 2.24) is 0 Å². The van der Waals surface area contributed by atoms with Crippen molar-refractivity contribution in [3.8, 4) is 0 Å². The molecule has 0 aromatic heterocycles. The number of rotatable bonds is 5. The van der Waals surface area contributed by atoms with Gasteiger partial charge in [-0.15, -0.1) is 0 Å². The van der Waals surface area contributed by atoms with Crippen molar-refractivity contribution in [2.75, 3.05) is 0 Å². The molecule has 0 heterocycles. The molecule has 14 heavy (non-hydrogen) atoms. The van der Waals surface area contributed by atoms with Gasteiger partial charge in [-0.1, -0.05) is 38.0 Å². The first kappa shape index (κ1) is 11.5. The van der Waals surface area contributed by atoms with Gasteiger partial charge in [0.2, 0.25) is 8.03 Å². The van der Waals surface area contributed by atoms with Crippen molar-refractivity contribution in [1.29, 1.82) is 0 Å². The highest BCUT2D eigenvalue weighted by molar-refractivity contribution is 7.47. The molecule has 0 saturated carbocycles. The molecule has 1 N–H and O–H groups in total. The second kappa shape index (κ2) is 6.00. The molecule has 0 fully saturated rings. The van der Waals surface area contributed by atoms with Gasteiger partial charge in [-0.25, -0.2) is 0 Å². The van der Waals surface area contributed by atoms with E-state index in [9.17, 15) is 4.57 Å². The van der Waals surface area contributed by atoms with Crippen molar-refractivity contribution >= 4 is 13.3 Å². The number of hydrogen-bond donors (Lipinski definition) is 1. The summed E-state index contributed by atoms with van der Waals surface area (Å²) in [5.41, 5.74) is 1.03. The Kier molecular flexibility index (Phi) is 4.92. The second-order valence-corrected chi connectivity index (χ2v) is 4.57. The van der Waals surface area contributed by atoms with Crippen molar-refractivity contribution < 1.29 is 9.46 Å². The Bertz CT molecular complexity index is 310. The Morgan fingerprint density at radius 1 is 1.29 bits per heavy atom. The number of benzene rings is 1. The van der Waals surface area contributed by atoms with Gasteiger partial charge < -0.3 is 4.89 Å². The van der Waals surface area contributed by atoms with Gasteiger partial charge in [0, 0.05) is 5.30 Å². The summed E-state index contributed by atoms with van der Waals surface area (Å²) in [5, 5.41) is 0.633. The second-order valence-electron chi connectivity index (χ2n) is 3.42. The Morgan fingerprint density at radius 3 is 2.64 bits per heavy atom. The zero-order valence-corrected chi connectivity index (χ0v) is 9.49. The number of unbranched alkanes of at least 4 members (excludes halogenated alkanes) is 2. The lowest BCUT2D eigenvalue weighted by Gasteiger charge is -2.05. The van der Waals surface area contributed by atoms with E-state index in [-0.39, 0.29) is 0 Å². The molecule has 1 aromatic rings. The molecule has 0 bridgehead atoms. The molecular formula is C11H17O2P. The standard InChI is InChI=1S/C11H17O2P/c1-2-3-4-7-10-8-5-6-9-11(10)14(12)13/h5-6,8-9,14H,2-4,7H2,1H3,(H,12,13). The van der Waals surface area contributed by atoms with E-state index in [1.807, 2.05) is 18.2 Å². The normalized spacial score (nSPS) is 12.7. The molecule has 0 aliphatic carbocycles. The van der Waals surface area contributed by atoms with Crippen molar-refractivity contribution in [3.05, 3.63) is 29.8 Å². The maximum atomic E-state index is 11.0. The molecule has 0 saturated heterocycles. The lowest BCUT2D eigenvalue weighted by atomic mass is 10.1. The third-order valence-corrected chi connectivity index (χ3v) is 3.25. The van der Waals surface area contributed by atoms with Gasteiger partial charge in [-0.3, -0.25) is 4.57 Å². The minimum atomic E-state index is -2.53. The van der Waals surface area contributed by atoms with Crippen molar-refractivity contribution in [2.24, 2.45) is 0 Å². The monoisotopic (exact) mass is 212 g/mol. The number of aryl methyl sites for hydroxylation is 1. The SMILES string of the molecule is CCCCCc1ccccc1[PH](=O)O. The summed E-state index contributed by atoms with van der Waals surface area (Å²) < 4.78 is 11.0. The highest BCUT2D eigenvalue weighted by Crippen LogP contribution is 2.17. The summed E-state index contributed by atoms with van der Waals surface area (Å²) in [6, 6.07) is 7.44. The van der Waals surface area contributed by atoms with Gasteiger partial charge in [0.25, 0.3) is 0 Å². The quantitative estimate of drug-likeness (QED) is 0.601. The van der Waals surface area contributed by atoms with E-state index in [0.717, 1.165) is 18.4 Å². The van der Waals surface area contributed by atoms with Crippen LogP contribution in [0.1, 0.15) is 31.7 Å². The Hall–Kier alpha value is -0.590. The first-order valence-electron chi connectivity index (χ1n) is 5.07. The van der Waals surface area contributed by atoms with Crippen LogP contribution in [0.4, 0.5) is 0 Å². The van der Waals surface area contributed by atoms with Crippen LogP contribution in [-0.2, 0) is 11.0 Å². The third-order valence-electron chi connectivity index (χ3n) is 2.30. The minimum Gasteiger partial charge on any atom is -0.343 e. The van der Waals surface area contributed by atoms with Crippen LogP contribution >= 0.6 is 8.03 Å². The average Bonchev–Trinajstić information content (AvgIpc) is 2.19. The van der Waals surface area contributed by atoms with Crippen LogP contribution in [0.2, 0.25) is 0 Å². The molecule has 1 aromatic carbocycles. The van der Waals surface area contributed by atoms with E-state index in [4.69, 9.17) is 4.89 Å². The van der Waals surface area contributed by atoms with Gasteiger partial charge in [-0.2, -0.15) is 0 Å². The molecule has 78 valence electrons. The molecule has 3 heteroatoms. The fourth-order valence-electron chi connectivity index (χ4n) is 1.51. The molecule has 1 rings (SSSR count). The lowest BCUT2D eigenvalue weighted by molar-refractivity contribution is 0.513. The van der Waals surface area contributed by atoms with Crippen LogP contribution in [-0.4, -0.2) is 4.89 Å². The molecule has 0 spiro atoms. The van der Waals surface area contributed by atoms with Crippen LogP contribution < -0.4 is 5.30 Å². The van der Waals surface area contributed by atoms with E-state index in [1.54, 1.807) is 6.07 Å². The average molecular weight is 212 g/mol. The predicted octanol–water partition coefficient (Wildman–Crippen LogP) is 2.51. The summed E-state index contributed by atoms with van der Waals surface area (Å²) in [6.07, 6.45) is 4.38. The van der Waals surface area contributed by atoms with Crippen LogP contribution in [0, 0.1) is 0 Å².